The molecule has 0 aliphatic heterocycles. The molecule has 4 aromatic carbocycles. The van der Waals surface area contributed by atoms with Gasteiger partial charge in [0.2, 0.25) is 0 Å². The van der Waals surface area contributed by atoms with E-state index in [2.05, 4.69) is 80.6 Å². The van der Waals surface area contributed by atoms with Crippen molar-refractivity contribution in [3.05, 3.63) is 103 Å². The maximum absolute atomic E-state index is 4.34. The van der Waals surface area contributed by atoms with E-state index in [1.165, 1.54) is 24.1 Å². The molecule has 0 amide bonds. The van der Waals surface area contributed by atoms with Crippen molar-refractivity contribution in [1.29, 1.82) is 0 Å². The summed E-state index contributed by atoms with van der Waals surface area (Å²) in [4.78, 5) is 2.29. The van der Waals surface area contributed by atoms with Gasteiger partial charge in [-0.05, 0) is 117 Å². The molecule has 4 aromatic rings. The second-order valence-corrected chi connectivity index (χ2v) is 9.09. The summed E-state index contributed by atoms with van der Waals surface area (Å²) in [7, 11) is 0. The number of rotatable bonds is 12. The highest BCUT2D eigenvalue weighted by molar-refractivity contribution is 5.53. The SMILES string of the molecule is CCCCc1ccc(/N=N/c2ccc(/N=N/c3ccc(/N=N/c4ccc(N(CC)CC)cc4)cc3)cc2)cc1. The molecule has 0 bridgehead atoms. The van der Waals surface area contributed by atoms with E-state index in [1.54, 1.807) is 0 Å². The molecule has 0 heterocycles. The van der Waals surface area contributed by atoms with Gasteiger partial charge in [0, 0.05) is 18.8 Å². The molecule has 0 aliphatic rings. The van der Waals surface area contributed by atoms with Crippen LogP contribution >= 0.6 is 0 Å². The van der Waals surface area contributed by atoms with Crippen molar-refractivity contribution in [3.63, 3.8) is 0 Å². The Labute approximate surface area is 231 Å². The smallest absolute Gasteiger partial charge is 0.0858 e. The maximum atomic E-state index is 4.34. The van der Waals surface area contributed by atoms with Gasteiger partial charge in [0.05, 0.1) is 34.1 Å². The first kappa shape index (κ1) is 27.5. The zero-order valence-electron chi connectivity index (χ0n) is 22.9. The molecule has 7 heteroatoms. The Kier molecular flexibility index (Phi) is 10.2. The Bertz CT molecular complexity index is 1370. The van der Waals surface area contributed by atoms with Crippen molar-refractivity contribution in [2.45, 2.75) is 40.0 Å². The van der Waals surface area contributed by atoms with Crippen LogP contribution < -0.4 is 4.90 Å². The highest BCUT2D eigenvalue weighted by atomic mass is 15.1. The largest absolute Gasteiger partial charge is 0.372 e. The van der Waals surface area contributed by atoms with Crippen LogP contribution in [0, 0.1) is 0 Å². The van der Waals surface area contributed by atoms with Crippen LogP contribution in [0.2, 0.25) is 0 Å². The van der Waals surface area contributed by atoms with Crippen LogP contribution in [0.1, 0.15) is 39.2 Å². The number of nitrogens with zero attached hydrogens (tertiary/aromatic N) is 7. The second-order valence-electron chi connectivity index (χ2n) is 9.09. The summed E-state index contributed by atoms with van der Waals surface area (Å²) in [5.41, 5.74) is 7.19. The predicted molar refractivity (Wildman–Crippen MR) is 160 cm³/mol. The van der Waals surface area contributed by atoms with Gasteiger partial charge in [-0.3, -0.25) is 0 Å². The molecule has 0 fully saturated rings. The monoisotopic (exact) mass is 517 g/mol. The molecule has 198 valence electrons. The van der Waals surface area contributed by atoms with Gasteiger partial charge in [0.1, 0.15) is 0 Å². The summed E-state index contributed by atoms with van der Waals surface area (Å²) in [6, 6.07) is 31.4. The first-order valence-corrected chi connectivity index (χ1v) is 13.6. The number of unbranched alkanes of at least 4 members (excludes halogenated alkanes) is 1. The lowest BCUT2D eigenvalue weighted by Gasteiger charge is -2.20. The van der Waals surface area contributed by atoms with E-state index in [0.29, 0.717) is 0 Å². The zero-order chi connectivity index (χ0) is 27.3. The third-order valence-electron chi connectivity index (χ3n) is 6.28. The van der Waals surface area contributed by atoms with Crippen LogP contribution in [0.15, 0.2) is 128 Å². The van der Waals surface area contributed by atoms with Crippen molar-refractivity contribution >= 4 is 39.8 Å². The molecule has 0 aliphatic carbocycles. The van der Waals surface area contributed by atoms with E-state index in [0.717, 1.165) is 53.6 Å². The van der Waals surface area contributed by atoms with Crippen LogP contribution in [0.25, 0.3) is 0 Å². The van der Waals surface area contributed by atoms with Gasteiger partial charge >= 0.3 is 0 Å². The van der Waals surface area contributed by atoms with Gasteiger partial charge in [-0.1, -0.05) is 25.5 Å². The number of anilines is 1. The lowest BCUT2D eigenvalue weighted by atomic mass is 10.1. The highest BCUT2D eigenvalue weighted by Crippen LogP contribution is 2.26. The molecule has 0 unspecified atom stereocenters. The topological polar surface area (TPSA) is 77.4 Å². The fraction of sp³-hybridized carbons (Fsp3) is 0.250. The van der Waals surface area contributed by atoms with Gasteiger partial charge in [-0.2, -0.15) is 30.7 Å². The Morgan fingerprint density at radius 1 is 0.436 bits per heavy atom. The molecule has 7 nitrogen and oxygen atoms in total. The number of hydrogen-bond acceptors (Lipinski definition) is 7. The Morgan fingerprint density at radius 2 is 0.744 bits per heavy atom. The lowest BCUT2D eigenvalue weighted by molar-refractivity contribution is 0.795. The van der Waals surface area contributed by atoms with Crippen LogP contribution in [-0.4, -0.2) is 13.1 Å². The zero-order valence-corrected chi connectivity index (χ0v) is 22.9. The standard InChI is InChI=1S/C32H35N7/c1-4-7-8-25-9-11-26(12-10-25)33-34-27-13-15-28(16-14-27)35-36-29-17-19-30(20-18-29)37-38-31-21-23-32(24-22-31)39(5-2)6-3/h9-24H,4-8H2,1-3H3/b34-33+,36-35+,38-37+. The fourth-order valence-electron chi connectivity index (χ4n) is 3.95. The number of aryl methyl sites for hydroxylation is 1. The average molecular weight is 518 g/mol. The molecule has 0 aromatic heterocycles. The minimum atomic E-state index is 0.740. The molecule has 39 heavy (non-hydrogen) atoms. The summed E-state index contributed by atoms with van der Waals surface area (Å²) in [6.45, 7) is 8.47. The first-order chi connectivity index (χ1) is 19.2. The lowest BCUT2D eigenvalue weighted by Crippen LogP contribution is -2.21. The number of azo groups is 3. The fourth-order valence-corrected chi connectivity index (χ4v) is 3.95. The second kappa shape index (κ2) is 14.4. The summed E-state index contributed by atoms with van der Waals surface area (Å²) < 4.78 is 0. The van der Waals surface area contributed by atoms with E-state index in [-0.39, 0.29) is 0 Å². The van der Waals surface area contributed by atoms with Crippen LogP contribution in [0.4, 0.5) is 39.8 Å². The van der Waals surface area contributed by atoms with Gasteiger partial charge in [0.25, 0.3) is 0 Å². The quantitative estimate of drug-likeness (QED) is 0.172. The molecule has 0 radical (unpaired) electrons. The molecule has 0 saturated carbocycles. The molecule has 0 atom stereocenters. The van der Waals surface area contributed by atoms with Gasteiger partial charge in [-0.25, -0.2) is 0 Å². The number of hydrogen-bond donors (Lipinski definition) is 0. The summed E-state index contributed by atoms with van der Waals surface area (Å²) in [5.74, 6) is 0. The van der Waals surface area contributed by atoms with Crippen LogP contribution in [0.5, 0.6) is 0 Å². The normalized spacial score (nSPS) is 11.7. The first-order valence-electron chi connectivity index (χ1n) is 13.6. The Hall–Kier alpha value is -4.52. The minimum absolute atomic E-state index is 0.740. The van der Waals surface area contributed by atoms with Crippen molar-refractivity contribution in [2.24, 2.45) is 30.7 Å². The summed E-state index contributed by atoms with van der Waals surface area (Å²) in [6.07, 6.45) is 3.50. The van der Waals surface area contributed by atoms with Gasteiger partial charge in [-0.15, -0.1) is 0 Å². The summed E-state index contributed by atoms with van der Waals surface area (Å²) in [5, 5.41) is 26.0. The van der Waals surface area contributed by atoms with Gasteiger partial charge < -0.3 is 4.90 Å². The highest BCUT2D eigenvalue weighted by Gasteiger charge is 2.01. The van der Waals surface area contributed by atoms with Crippen molar-refractivity contribution < 1.29 is 0 Å². The third kappa shape index (κ3) is 8.50. The molecular formula is C32H35N7. The molecule has 0 N–H and O–H groups in total. The molecule has 0 saturated heterocycles. The van der Waals surface area contributed by atoms with Crippen molar-refractivity contribution in [1.82, 2.24) is 0 Å². The maximum Gasteiger partial charge on any atom is 0.0858 e. The molecular weight excluding hydrogens is 482 g/mol. The van der Waals surface area contributed by atoms with Crippen molar-refractivity contribution in [2.75, 3.05) is 18.0 Å². The van der Waals surface area contributed by atoms with E-state index < -0.39 is 0 Å². The van der Waals surface area contributed by atoms with Gasteiger partial charge in [0.15, 0.2) is 0 Å². The van der Waals surface area contributed by atoms with Crippen molar-refractivity contribution in [3.8, 4) is 0 Å². The third-order valence-corrected chi connectivity index (χ3v) is 6.28. The molecule has 0 spiro atoms. The number of benzene rings is 4. The average Bonchev–Trinajstić information content (AvgIpc) is 2.99. The molecule has 4 rings (SSSR count). The van der Waals surface area contributed by atoms with E-state index in [4.69, 9.17) is 0 Å². The Morgan fingerprint density at radius 3 is 1.05 bits per heavy atom. The summed E-state index contributed by atoms with van der Waals surface area (Å²) >= 11 is 0. The van der Waals surface area contributed by atoms with Crippen LogP contribution in [-0.2, 0) is 6.42 Å². The van der Waals surface area contributed by atoms with E-state index in [9.17, 15) is 0 Å². The van der Waals surface area contributed by atoms with E-state index >= 15 is 0 Å². The van der Waals surface area contributed by atoms with Crippen LogP contribution in [0.3, 0.4) is 0 Å². The minimum Gasteiger partial charge on any atom is -0.372 e. The predicted octanol–water partition coefficient (Wildman–Crippen LogP) is 11.1. The Balaban J connectivity index is 1.30. The van der Waals surface area contributed by atoms with E-state index in [1.807, 2.05) is 72.8 Å².